The summed E-state index contributed by atoms with van der Waals surface area (Å²) in [6, 6.07) is 12.7. The van der Waals surface area contributed by atoms with Gasteiger partial charge in [0.2, 0.25) is 0 Å². The zero-order valence-corrected chi connectivity index (χ0v) is 13.5. The lowest BCUT2D eigenvalue weighted by Crippen LogP contribution is -2.41. The van der Waals surface area contributed by atoms with Crippen molar-refractivity contribution in [2.75, 3.05) is 6.54 Å². The van der Waals surface area contributed by atoms with Crippen LogP contribution in [0.15, 0.2) is 36.4 Å². The predicted molar refractivity (Wildman–Crippen MR) is 88.8 cm³/mol. The Bertz CT molecular complexity index is 632. The van der Waals surface area contributed by atoms with Crippen molar-refractivity contribution in [3.8, 4) is 10.4 Å². The quantitative estimate of drug-likeness (QED) is 0.784. The highest BCUT2D eigenvalue weighted by molar-refractivity contribution is 7.17. The number of benzene rings is 1. The number of hydrogen-bond acceptors (Lipinski definition) is 2. The minimum absolute atomic E-state index is 0.206. The monoisotopic (exact) mass is 299 g/mol. The minimum Gasteiger partial charge on any atom is -0.335 e. The summed E-state index contributed by atoms with van der Waals surface area (Å²) in [5.41, 5.74) is 2.39. The van der Waals surface area contributed by atoms with Crippen molar-refractivity contribution < 1.29 is 4.79 Å². The molecule has 1 aliphatic heterocycles. The molecule has 1 amide bonds. The molecule has 0 spiro atoms. The lowest BCUT2D eigenvalue weighted by atomic mass is 10.0. The van der Waals surface area contributed by atoms with E-state index in [0.717, 1.165) is 24.3 Å². The third-order valence-electron chi connectivity index (χ3n) is 4.23. The van der Waals surface area contributed by atoms with Gasteiger partial charge in [0.05, 0.1) is 4.88 Å². The standard InChI is InChI=1S/C18H21NOS/c1-13-12-16(18(20)19-11-7-6-8-14(19)2)21-17(13)15-9-4-3-5-10-15/h3-5,9-10,12,14H,6-8,11H2,1-2H3/t14-/m1/s1. The molecule has 0 saturated carbocycles. The van der Waals surface area contributed by atoms with Crippen LogP contribution in [-0.2, 0) is 0 Å². The van der Waals surface area contributed by atoms with E-state index in [9.17, 15) is 4.79 Å². The van der Waals surface area contributed by atoms with E-state index >= 15 is 0 Å². The molecule has 110 valence electrons. The Morgan fingerprint density at radius 3 is 2.71 bits per heavy atom. The summed E-state index contributed by atoms with van der Waals surface area (Å²) in [7, 11) is 0. The van der Waals surface area contributed by atoms with Crippen molar-refractivity contribution in [3.05, 3.63) is 46.8 Å². The highest BCUT2D eigenvalue weighted by Gasteiger charge is 2.25. The average molecular weight is 299 g/mol. The molecule has 1 saturated heterocycles. The summed E-state index contributed by atoms with van der Waals surface area (Å²) in [6.07, 6.45) is 3.50. The second-order valence-corrected chi connectivity index (χ2v) is 6.88. The fourth-order valence-corrected chi connectivity index (χ4v) is 4.14. The Morgan fingerprint density at radius 2 is 2.00 bits per heavy atom. The van der Waals surface area contributed by atoms with E-state index in [4.69, 9.17) is 0 Å². The fraction of sp³-hybridized carbons (Fsp3) is 0.389. The van der Waals surface area contributed by atoms with Crippen LogP contribution in [-0.4, -0.2) is 23.4 Å². The maximum Gasteiger partial charge on any atom is 0.264 e. The molecule has 1 aromatic heterocycles. The number of carbonyl (C=O) groups excluding carboxylic acids is 1. The number of likely N-dealkylation sites (tertiary alicyclic amines) is 1. The molecule has 3 rings (SSSR count). The van der Waals surface area contributed by atoms with Crippen molar-refractivity contribution in [3.63, 3.8) is 0 Å². The van der Waals surface area contributed by atoms with Crippen LogP contribution < -0.4 is 0 Å². The first-order valence-corrected chi connectivity index (χ1v) is 8.45. The van der Waals surface area contributed by atoms with Crippen molar-refractivity contribution in [1.82, 2.24) is 4.90 Å². The van der Waals surface area contributed by atoms with Gasteiger partial charge in [0.25, 0.3) is 5.91 Å². The van der Waals surface area contributed by atoms with E-state index in [1.807, 2.05) is 23.1 Å². The molecule has 1 atom stereocenters. The lowest BCUT2D eigenvalue weighted by Gasteiger charge is -2.33. The third-order valence-corrected chi connectivity index (χ3v) is 5.50. The number of hydrogen-bond donors (Lipinski definition) is 0. The zero-order chi connectivity index (χ0) is 14.8. The summed E-state index contributed by atoms with van der Waals surface area (Å²) in [5.74, 6) is 0.206. The molecule has 3 heteroatoms. The Balaban J connectivity index is 1.88. The summed E-state index contributed by atoms with van der Waals surface area (Å²) in [6.45, 7) is 5.16. The Morgan fingerprint density at radius 1 is 1.24 bits per heavy atom. The largest absolute Gasteiger partial charge is 0.335 e. The number of amides is 1. The smallest absolute Gasteiger partial charge is 0.264 e. The molecule has 1 fully saturated rings. The van der Waals surface area contributed by atoms with E-state index < -0.39 is 0 Å². The van der Waals surface area contributed by atoms with Gasteiger partial charge >= 0.3 is 0 Å². The van der Waals surface area contributed by atoms with E-state index in [-0.39, 0.29) is 5.91 Å². The molecule has 2 nitrogen and oxygen atoms in total. The number of nitrogens with zero attached hydrogens (tertiary/aromatic N) is 1. The molecule has 0 unspecified atom stereocenters. The highest BCUT2D eigenvalue weighted by Crippen LogP contribution is 2.33. The van der Waals surface area contributed by atoms with Gasteiger partial charge in [0.15, 0.2) is 0 Å². The first-order valence-electron chi connectivity index (χ1n) is 7.63. The topological polar surface area (TPSA) is 20.3 Å². The number of rotatable bonds is 2. The van der Waals surface area contributed by atoms with Crippen LogP contribution in [0.4, 0.5) is 0 Å². The van der Waals surface area contributed by atoms with Crippen LogP contribution in [0.25, 0.3) is 10.4 Å². The van der Waals surface area contributed by atoms with Gasteiger partial charge < -0.3 is 4.90 Å². The normalized spacial score (nSPS) is 18.8. The number of aryl methyl sites for hydroxylation is 1. The van der Waals surface area contributed by atoms with Crippen molar-refractivity contribution >= 4 is 17.2 Å². The van der Waals surface area contributed by atoms with E-state index in [0.29, 0.717) is 6.04 Å². The molecule has 0 radical (unpaired) electrons. The van der Waals surface area contributed by atoms with Crippen LogP contribution in [0.2, 0.25) is 0 Å². The van der Waals surface area contributed by atoms with Crippen LogP contribution >= 0.6 is 11.3 Å². The van der Waals surface area contributed by atoms with Crippen LogP contribution in [0.3, 0.4) is 0 Å². The van der Waals surface area contributed by atoms with Crippen molar-refractivity contribution in [2.24, 2.45) is 0 Å². The summed E-state index contributed by atoms with van der Waals surface area (Å²) < 4.78 is 0. The third kappa shape index (κ3) is 2.88. The molecule has 1 aliphatic rings. The molecule has 0 N–H and O–H groups in total. The second-order valence-electron chi connectivity index (χ2n) is 5.83. The number of thiophene rings is 1. The molecular weight excluding hydrogens is 278 g/mol. The van der Waals surface area contributed by atoms with Gasteiger partial charge in [-0.1, -0.05) is 30.3 Å². The number of piperidine rings is 1. The Labute approximate surface area is 130 Å². The first-order chi connectivity index (χ1) is 10.2. The molecule has 21 heavy (non-hydrogen) atoms. The molecule has 0 bridgehead atoms. The van der Waals surface area contributed by atoms with Crippen molar-refractivity contribution in [2.45, 2.75) is 39.2 Å². The van der Waals surface area contributed by atoms with Gasteiger partial charge in [-0.15, -0.1) is 11.3 Å². The van der Waals surface area contributed by atoms with Gasteiger partial charge in [0, 0.05) is 17.5 Å². The highest BCUT2D eigenvalue weighted by atomic mass is 32.1. The molecule has 1 aromatic carbocycles. The predicted octanol–water partition coefficient (Wildman–Crippen LogP) is 4.74. The lowest BCUT2D eigenvalue weighted by molar-refractivity contribution is 0.0640. The molecule has 2 aromatic rings. The van der Waals surface area contributed by atoms with Crippen LogP contribution in [0.1, 0.15) is 41.4 Å². The van der Waals surface area contributed by atoms with Crippen LogP contribution in [0.5, 0.6) is 0 Å². The summed E-state index contributed by atoms with van der Waals surface area (Å²) in [4.78, 5) is 16.9. The van der Waals surface area contributed by atoms with Gasteiger partial charge in [-0.05, 0) is 50.3 Å². The number of carbonyl (C=O) groups is 1. The first kappa shape index (κ1) is 14.3. The maximum atomic E-state index is 12.7. The van der Waals surface area contributed by atoms with Gasteiger partial charge in [-0.2, -0.15) is 0 Å². The van der Waals surface area contributed by atoms with Gasteiger partial charge in [0.1, 0.15) is 0 Å². The molecular formula is C18H21NOS. The van der Waals surface area contributed by atoms with Gasteiger partial charge in [-0.25, -0.2) is 0 Å². The van der Waals surface area contributed by atoms with E-state index in [1.54, 1.807) is 11.3 Å². The minimum atomic E-state index is 0.206. The fourth-order valence-electron chi connectivity index (χ4n) is 3.00. The van der Waals surface area contributed by atoms with Crippen LogP contribution in [0, 0.1) is 6.92 Å². The average Bonchev–Trinajstić information content (AvgIpc) is 2.90. The zero-order valence-electron chi connectivity index (χ0n) is 12.6. The van der Waals surface area contributed by atoms with E-state index in [1.165, 1.54) is 22.4 Å². The van der Waals surface area contributed by atoms with E-state index in [2.05, 4.69) is 32.0 Å². The Hall–Kier alpha value is -1.61. The summed E-state index contributed by atoms with van der Waals surface area (Å²) in [5, 5.41) is 0. The van der Waals surface area contributed by atoms with Crippen molar-refractivity contribution in [1.29, 1.82) is 0 Å². The Kier molecular flexibility index (Phi) is 4.11. The molecule has 2 heterocycles. The van der Waals surface area contributed by atoms with Gasteiger partial charge in [-0.3, -0.25) is 4.79 Å². The molecule has 0 aliphatic carbocycles. The summed E-state index contributed by atoms with van der Waals surface area (Å²) >= 11 is 1.63. The SMILES string of the molecule is Cc1cc(C(=O)N2CCCC[C@H]2C)sc1-c1ccccc1. The second kappa shape index (κ2) is 6.02. The maximum absolute atomic E-state index is 12.7.